The van der Waals surface area contributed by atoms with E-state index in [1.54, 1.807) is 6.92 Å². The number of esters is 1. The fourth-order valence-corrected chi connectivity index (χ4v) is 1.64. The zero-order valence-corrected chi connectivity index (χ0v) is 9.21. The van der Waals surface area contributed by atoms with Gasteiger partial charge in [-0.1, -0.05) is 0 Å². The molecule has 0 spiro atoms. The summed E-state index contributed by atoms with van der Waals surface area (Å²) in [6.45, 7) is 3.29. The van der Waals surface area contributed by atoms with Gasteiger partial charge in [-0.2, -0.15) is 0 Å². The maximum absolute atomic E-state index is 11.7. The number of methoxy groups -OCH3 is 1. The topological polar surface area (TPSA) is 67.4 Å². The maximum Gasteiger partial charge on any atom is 0.328 e. The van der Waals surface area contributed by atoms with Crippen LogP contribution in [0.25, 0.3) is 0 Å². The normalized spacial score (nSPS) is 22.9. The van der Waals surface area contributed by atoms with Gasteiger partial charge in [-0.05, 0) is 26.3 Å². The van der Waals surface area contributed by atoms with Crippen LogP contribution in [-0.2, 0) is 14.3 Å². The fraction of sp³-hybridized carbons (Fsp3) is 0.800. The highest BCUT2D eigenvalue weighted by molar-refractivity contribution is 5.85. The molecule has 15 heavy (non-hydrogen) atoms. The monoisotopic (exact) mass is 214 g/mol. The Labute approximate surface area is 89.6 Å². The second-order valence-electron chi connectivity index (χ2n) is 3.80. The van der Waals surface area contributed by atoms with Gasteiger partial charge in [-0.3, -0.25) is 4.79 Å². The van der Waals surface area contributed by atoms with E-state index in [9.17, 15) is 9.59 Å². The molecule has 0 aromatic carbocycles. The molecule has 0 radical (unpaired) electrons. The molecule has 1 fully saturated rings. The molecular formula is C10H18N2O3. The summed E-state index contributed by atoms with van der Waals surface area (Å²) in [5.41, 5.74) is 0. The van der Waals surface area contributed by atoms with Crippen molar-refractivity contribution in [3.8, 4) is 0 Å². The summed E-state index contributed by atoms with van der Waals surface area (Å²) in [5.74, 6) is -0.502. The highest BCUT2D eigenvalue weighted by Crippen LogP contribution is 2.09. The Morgan fingerprint density at radius 1 is 1.53 bits per heavy atom. The summed E-state index contributed by atoms with van der Waals surface area (Å²) < 4.78 is 4.53. The number of ether oxygens (including phenoxy) is 1. The lowest BCUT2D eigenvalue weighted by molar-refractivity contribution is -0.145. The van der Waals surface area contributed by atoms with Crippen LogP contribution in [-0.4, -0.2) is 38.1 Å². The molecular weight excluding hydrogens is 196 g/mol. The molecule has 0 aliphatic carbocycles. The van der Waals surface area contributed by atoms with E-state index in [-0.39, 0.29) is 11.8 Å². The first-order valence-electron chi connectivity index (χ1n) is 5.24. The van der Waals surface area contributed by atoms with E-state index >= 15 is 0 Å². The van der Waals surface area contributed by atoms with Gasteiger partial charge < -0.3 is 15.4 Å². The molecule has 1 amide bonds. The van der Waals surface area contributed by atoms with Crippen LogP contribution in [0.3, 0.4) is 0 Å². The van der Waals surface area contributed by atoms with Gasteiger partial charge in [0.15, 0.2) is 0 Å². The largest absolute Gasteiger partial charge is 0.467 e. The molecule has 5 nitrogen and oxygen atoms in total. The Morgan fingerprint density at radius 2 is 2.27 bits per heavy atom. The average Bonchev–Trinajstić information content (AvgIpc) is 2.29. The van der Waals surface area contributed by atoms with Gasteiger partial charge in [0.2, 0.25) is 5.91 Å². The molecule has 1 rings (SSSR count). The fourth-order valence-electron chi connectivity index (χ4n) is 1.64. The second kappa shape index (κ2) is 5.70. The van der Waals surface area contributed by atoms with E-state index in [0.29, 0.717) is 6.54 Å². The van der Waals surface area contributed by atoms with Crippen molar-refractivity contribution in [1.29, 1.82) is 0 Å². The highest BCUT2D eigenvalue weighted by Gasteiger charge is 2.24. The van der Waals surface area contributed by atoms with Crippen LogP contribution in [0.15, 0.2) is 0 Å². The van der Waals surface area contributed by atoms with E-state index in [1.165, 1.54) is 7.11 Å². The number of nitrogens with one attached hydrogen (secondary N) is 2. The third-order valence-electron chi connectivity index (χ3n) is 2.58. The summed E-state index contributed by atoms with van der Waals surface area (Å²) in [5, 5.41) is 5.80. The molecule has 5 heteroatoms. The van der Waals surface area contributed by atoms with Gasteiger partial charge in [0.05, 0.1) is 13.0 Å². The standard InChI is InChI=1S/C10H18N2O3/c1-7(10(14)15-2)12-9(13)8-4-3-5-11-6-8/h7-8,11H,3-6H2,1-2H3,(H,12,13)/t7?,8-/m1/s1. The van der Waals surface area contributed by atoms with Crippen LogP contribution in [0.2, 0.25) is 0 Å². The van der Waals surface area contributed by atoms with Gasteiger partial charge in [0.25, 0.3) is 0 Å². The van der Waals surface area contributed by atoms with Crippen LogP contribution in [0.5, 0.6) is 0 Å². The van der Waals surface area contributed by atoms with Crippen molar-refractivity contribution in [1.82, 2.24) is 10.6 Å². The van der Waals surface area contributed by atoms with Crippen molar-refractivity contribution in [2.24, 2.45) is 5.92 Å². The Hall–Kier alpha value is -1.10. The molecule has 0 aromatic rings. The molecule has 0 aromatic heterocycles. The minimum atomic E-state index is -0.565. The van der Waals surface area contributed by atoms with E-state index in [0.717, 1.165) is 19.4 Å². The lowest BCUT2D eigenvalue weighted by atomic mass is 9.98. The SMILES string of the molecule is COC(=O)C(C)NC(=O)[C@@H]1CCCNC1. The number of carbonyl (C=O) groups excluding carboxylic acids is 2. The molecule has 2 atom stereocenters. The number of rotatable bonds is 3. The molecule has 1 aliphatic heterocycles. The Morgan fingerprint density at radius 3 is 2.80 bits per heavy atom. The first kappa shape index (κ1) is 12.0. The molecule has 0 saturated carbocycles. The van der Waals surface area contributed by atoms with Crippen molar-refractivity contribution in [3.63, 3.8) is 0 Å². The summed E-state index contributed by atoms with van der Waals surface area (Å²) in [7, 11) is 1.31. The van der Waals surface area contributed by atoms with E-state index in [4.69, 9.17) is 0 Å². The third-order valence-corrected chi connectivity index (χ3v) is 2.58. The van der Waals surface area contributed by atoms with Crippen molar-refractivity contribution in [3.05, 3.63) is 0 Å². The molecule has 0 bridgehead atoms. The zero-order valence-electron chi connectivity index (χ0n) is 9.21. The maximum atomic E-state index is 11.7. The van der Waals surface area contributed by atoms with Crippen molar-refractivity contribution < 1.29 is 14.3 Å². The number of piperidine rings is 1. The van der Waals surface area contributed by atoms with Gasteiger partial charge in [-0.25, -0.2) is 4.79 Å². The van der Waals surface area contributed by atoms with Crippen molar-refractivity contribution in [2.45, 2.75) is 25.8 Å². The number of carbonyl (C=O) groups is 2. The van der Waals surface area contributed by atoms with Gasteiger partial charge in [0.1, 0.15) is 6.04 Å². The van der Waals surface area contributed by atoms with Gasteiger partial charge >= 0.3 is 5.97 Å². The quantitative estimate of drug-likeness (QED) is 0.631. The van der Waals surface area contributed by atoms with E-state index in [2.05, 4.69) is 15.4 Å². The van der Waals surface area contributed by atoms with Gasteiger partial charge in [0, 0.05) is 6.54 Å². The Kier molecular flexibility index (Phi) is 4.55. The molecule has 1 unspecified atom stereocenters. The van der Waals surface area contributed by atoms with Crippen LogP contribution in [0.4, 0.5) is 0 Å². The molecule has 2 N–H and O–H groups in total. The van der Waals surface area contributed by atoms with Crippen molar-refractivity contribution >= 4 is 11.9 Å². The van der Waals surface area contributed by atoms with Crippen LogP contribution in [0.1, 0.15) is 19.8 Å². The second-order valence-corrected chi connectivity index (χ2v) is 3.80. The lowest BCUT2D eigenvalue weighted by Crippen LogP contribution is -2.46. The first-order valence-corrected chi connectivity index (χ1v) is 5.24. The van der Waals surface area contributed by atoms with Crippen LogP contribution >= 0.6 is 0 Å². The minimum Gasteiger partial charge on any atom is -0.467 e. The van der Waals surface area contributed by atoms with Crippen LogP contribution < -0.4 is 10.6 Å². The lowest BCUT2D eigenvalue weighted by Gasteiger charge is -2.23. The Bertz CT molecular complexity index is 237. The van der Waals surface area contributed by atoms with Crippen molar-refractivity contribution in [2.75, 3.05) is 20.2 Å². The molecule has 1 saturated heterocycles. The smallest absolute Gasteiger partial charge is 0.328 e. The third kappa shape index (κ3) is 3.51. The van der Waals surface area contributed by atoms with E-state index < -0.39 is 12.0 Å². The molecule has 1 heterocycles. The predicted octanol–water partition coefficient (Wildman–Crippen LogP) is -0.336. The minimum absolute atomic E-state index is 0.0224. The molecule has 86 valence electrons. The first-order chi connectivity index (χ1) is 7.15. The average molecular weight is 214 g/mol. The van der Waals surface area contributed by atoms with Crippen LogP contribution in [0, 0.1) is 5.92 Å². The Balaban J connectivity index is 2.36. The summed E-state index contributed by atoms with van der Waals surface area (Å²) >= 11 is 0. The number of hydrogen-bond donors (Lipinski definition) is 2. The number of hydrogen-bond acceptors (Lipinski definition) is 4. The highest BCUT2D eigenvalue weighted by atomic mass is 16.5. The molecule has 1 aliphatic rings. The summed E-state index contributed by atoms with van der Waals surface area (Å²) in [6.07, 6.45) is 1.89. The number of amides is 1. The van der Waals surface area contributed by atoms with E-state index in [1.807, 2.05) is 0 Å². The summed E-state index contributed by atoms with van der Waals surface area (Å²) in [6, 6.07) is -0.565. The summed E-state index contributed by atoms with van der Waals surface area (Å²) in [4.78, 5) is 22.7. The predicted molar refractivity (Wildman–Crippen MR) is 55.2 cm³/mol. The van der Waals surface area contributed by atoms with Gasteiger partial charge in [-0.15, -0.1) is 0 Å². The zero-order chi connectivity index (χ0) is 11.3.